The summed E-state index contributed by atoms with van der Waals surface area (Å²) >= 11 is 0. The molecule has 0 spiro atoms. The number of aliphatic hydroxyl groups is 1. The van der Waals surface area contributed by atoms with Crippen LogP contribution < -0.4 is 5.32 Å². The molecule has 1 aliphatic rings. The van der Waals surface area contributed by atoms with Crippen LogP contribution in [0.1, 0.15) is 6.92 Å². The van der Waals surface area contributed by atoms with Crippen molar-refractivity contribution in [2.75, 3.05) is 39.9 Å². The molecule has 0 aromatic carbocycles. The van der Waals surface area contributed by atoms with Gasteiger partial charge in [0.25, 0.3) is 0 Å². The smallest absolute Gasteiger partial charge is 0.0948 e. The lowest BCUT2D eigenvalue weighted by molar-refractivity contribution is 0.122. The summed E-state index contributed by atoms with van der Waals surface area (Å²) in [5.74, 6) is 0. The molecule has 13 heavy (non-hydrogen) atoms. The predicted molar refractivity (Wildman–Crippen MR) is 51.8 cm³/mol. The molecule has 2 unspecified atom stereocenters. The van der Waals surface area contributed by atoms with Gasteiger partial charge < -0.3 is 20.1 Å². The summed E-state index contributed by atoms with van der Waals surface area (Å²) in [7, 11) is 2.09. The minimum atomic E-state index is -0.327. The minimum absolute atomic E-state index is 0.130. The van der Waals surface area contributed by atoms with E-state index < -0.39 is 0 Å². The second-order valence-corrected chi connectivity index (χ2v) is 3.56. The van der Waals surface area contributed by atoms with E-state index in [1.807, 2.05) is 0 Å². The van der Waals surface area contributed by atoms with Crippen LogP contribution in [0, 0.1) is 0 Å². The third kappa shape index (κ3) is 3.60. The van der Waals surface area contributed by atoms with Crippen molar-refractivity contribution in [3.63, 3.8) is 0 Å². The number of likely N-dealkylation sites (N-methyl/N-ethyl adjacent to an activating group) is 1. The van der Waals surface area contributed by atoms with Crippen LogP contribution in [-0.2, 0) is 4.74 Å². The Morgan fingerprint density at radius 3 is 2.85 bits per heavy atom. The first-order chi connectivity index (χ1) is 6.24. The molecule has 0 amide bonds. The summed E-state index contributed by atoms with van der Waals surface area (Å²) in [4.78, 5) is 2.23. The molecule has 0 saturated carbocycles. The van der Waals surface area contributed by atoms with Crippen LogP contribution in [0.3, 0.4) is 0 Å². The third-order valence-electron chi connectivity index (χ3n) is 2.49. The highest BCUT2D eigenvalue weighted by Gasteiger charge is 2.24. The molecule has 1 rings (SSSR count). The normalized spacial score (nSPS) is 28.6. The number of rotatable bonds is 5. The van der Waals surface area contributed by atoms with Gasteiger partial charge in [-0.3, -0.25) is 0 Å². The lowest BCUT2D eigenvalue weighted by Crippen LogP contribution is -2.42. The molecule has 2 atom stereocenters. The van der Waals surface area contributed by atoms with Gasteiger partial charge in [0, 0.05) is 13.1 Å². The van der Waals surface area contributed by atoms with Crippen molar-refractivity contribution in [1.29, 1.82) is 0 Å². The van der Waals surface area contributed by atoms with E-state index in [0.717, 1.165) is 19.6 Å². The van der Waals surface area contributed by atoms with E-state index in [0.29, 0.717) is 13.2 Å². The summed E-state index contributed by atoms with van der Waals surface area (Å²) in [5.41, 5.74) is 0. The van der Waals surface area contributed by atoms with E-state index >= 15 is 0 Å². The molecule has 0 bridgehead atoms. The highest BCUT2D eigenvalue weighted by Crippen LogP contribution is 2.04. The molecule has 4 nitrogen and oxygen atoms in total. The molecule has 0 aliphatic carbocycles. The Bertz CT molecular complexity index is 144. The molecule has 2 N–H and O–H groups in total. The van der Waals surface area contributed by atoms with E-state index in [1.54, 1.807) is 0 Å². The fourth-order valence-electron chi connectivity index (χ4n) is 1.34. The molecule has 1 saturated heterocycles. The van der Waals surface area contributed by atoms with Crippen molar-refractivity contribution >= 4 is 0 Å². The molecule has 4 heteroatoms. The van der Waals surface area contributed by atoms with Crippen molar-refractivity contribution in [2.45, 2.75) is 19.1 Å². The Balaban J connectivity index is 2.05. The van der Waals surface area contributed by atoms with Crippen LogP contribution in [-0.4, -0.2) is 62.0 Å². The average molecular weight is 188 g/mol. The highest BCUT2D eigenvalue weighted by molar-refractivity contribution is 4.80. The zero-order valence-corrected chi connectivity index (χ0v) is 8.49. The van der Waals surface area contributed by atoms with Gasteiger partial charge in [-0.15, -0.1) is 0 Å². The summed E-state index contributed by atoms with van der Waals surface area (Å²) < 4.78 is 5.13. The van der Waals surface area contributed by atoms with Crippen molar-refractivity contribution in [2.24, 2.45) is 0 Å². The van der Waals surface area contributed by atoms with Gasteiger partial charge in [-0.2, -0.15) is 0 Å². The van der Waals surface area contributed by atoms with Gasteiger partial charge in [-0.25, -0.2) is 0 Å². The molecular formula is C9H20N2O2. The van der Waals surface area contributed by atoms with Gasteiger partial charge in [0.05, 0.1) is 25.4 Å². The van der Waals surface area contributed by atoms with Crippen LogP contribution in [0.25, 0.3) is 0 Å². The van der Waals surface area contributed by atoms with E-state index in [2.05, 4.69) is 24.2 Å². The first kappa shape index (κ1) is 10.9. The lowest BCUT2D eigenvalue weighted by Gasteiger charge is -2.18. The van der Waals surface area contributed by atoms with E-state index in [9.17, 15) is 5.11 Å². The Labute approximate surface area is 79.9 Å². The maximum Gasteiger partial charge on any atom is 0.0948 e. The number of nitrogens with zero attached hydrogens (tertiary/aromatic N) is 1. The fourth-order valence-corrected chi connectivity index (χ4v) is 1.34. The summed E-state index contributed by atoms with van der Waals surface area (Å²) in [5, 5.41) is 12.7. The maximum absolute atomic E-state index is 9.41. The standard InChI is InChI=1S/C9H20N2O2/c1-3-11(2)5-4-10-8-6-13-7-9(8)12/h8-10,12H,3-7H2,1-2H3. The molecule has 1 aliphatic heterocycles. The lowest BCUT2D eigenvalue weighted by atomic mass is 10.2. The van der Waals surface area contributed by atoms with E-state index in [4.69, 9.17) is 4.74 Å². The number of hydrogen-bond donors (Lipinski definition) is 2. The van der Waals surface area contributed by atoms with Crippen molar-refractivity contribution in [3.05, 3.63) is 0 Å². The maximum atomic E-state index is 9.41. The Hall–Kier alpha value is -0.160. The molecule has 0 radical (unpaired) electrons. The Kier molecular flexibility index (Phi) is 4.66. The molecule has 1 fully saturated rings. The van der Waals surface area contributed by atoms with Gasteiger partial charge in [0.2, 0.25) is 0 Å². The second-order valence-electron chi connectivity index (χ2n) is 3.56. The topological polar surface area (TPSA) is 44.7 Å². The summed E-state index contributed by atoms with van der Waals surface area (Å²) in [6.45, 7) is 6.23. The SMILES string of the molecule is CCN(C)CCNC1COCC1O. The largest absolute Gasteiger partial charge is 0.389 e. The molecule has 0 aromatic heterocycles. The first-order valence-corrected chi connectivity index (χ1v) is 4.91. The summed E-state index contributed by atoms with van der Waals surface area (Å²) in [6, 6.07) is 0.130. The van der Waals surface area contributed by atoms with Crippen LogP contribution in [0.15, 0.2) is 0 Å². The zero-order valence-electron chi connectivity index (χ0n) is 8.49. The van der Waals surface area contributed by atoms with Crippen LogP contribution in [0.4, 0.5) is 0 Å². The third-order valence-corrected chi connectivity index (χ3v) is 2.49. The molecule has 0 aromatic rings. The summed E-state index contributed by atoms with van der Waals surface area (Å²) in [6.07, 6.45) is -0.327. The predicted octanol–water partition coefficient (Wildman–Crippen LogP) is -0.713. The van der Waals surface area contributed by atoms with Gasteiger partial charge in [0.1, 0.15) is 0 Å². The minimum Gasteiger partial charge on any atom is -0.389 e. The van der Waals surface area contributed by atoms with Gasteiger partial charge in [-0.1, -0.05) is 6.92 Å². The molecular weight excluding hydrogens is 168 g/mol. The quantitative estimate of drug-likeness (QED) is 0.598. The number of aliphatic hydroxyl groups excluding tert-OH is 1. The van der Waals surface area contributed by atoms with Gasteiger partial charge in [0.15, 0.2) is 0 Å². The fraction of sp³-hybridized carbons (Fsp3) is 1.00. The van der Waals surface area contributed by atoms with E-state index in [-0.39, 0.29) is 12.1 Å². The number of nitrogens with one attached hydrogen (secondary N) is 1. The number of hydrogen-bond acceptors (Lipinski definition) is 4. The van der Waals surface area contributed by atoms with Crippen LogP contribution in [0.5, 0.6) is 0 Å². The second kappa shape index (κ2) is 5.54. The molecule has 1 heterocycles. The first-order valence-electron chi connectivity index (χ1n) is 4.91. The van der Waals surface area contributed by atoms with E-state index in [1.165, 1.54) is 0 Å². The average Bonchev–Trinajstić information content (AvgIpc) is 2.52. The van der Waals surface area contributed by atoms with Gasteiger partial charge in [-0.05, 0) is 13.6 Å². The Morgan fingerprint density at radius 1 is 1.54 bits per heavy atom. The molecule has 78 valence electrons. The number of ether oxygens (including phenoxy) is 1. The van der Waals surface area contributed by atoms with Crippen molar-refractivity contribution < 1.29 is 9.84 Å². The Morgan fingerprint density at radius 2 is 2.31 bits per heavy atom. The monoisotopic (exact) mass is 188 g/mol. The van der Waals surface area contributed by atoms with Crippen LogP contribution >= 0.6 is 0 Å². The van der Waals surface area contributed by atoms with Crippen LogP contribution in [0.2, 0.25) is 0 Å². The van der Waals surface area contributed by atoms with Crippen molar-refractivity contribution in [3.8, 4) is 0 Å². The highest BCUT2D eigenvalue weighted by atomic mass is 16.5. The zero-order chi connectivity index (χ0) is 9.68. The van der Waals surface area contributed by atoms with Gasteiger partial charge >= 0.3 is 0 Å². The van der Waals surface area contributed by atoms with Crippen molar-refractivity contribution in [1.82, 2.24) is 10.2 Å².